The van der Waals surface area contributed by atoms with Crippen LogP contribution in [0.4, 0.5) is 5.69 Å². The fourth-order valence-electron chi connectivity index (χ4n) is 3.04. The van der Waals surface area contributed by atoms with Gasteiger partial charge in [-0.15, -0.1) is 0 Å². The van der Waals surface area contributed by atoms with Gasteiger partial charge in [-0.05, 0) is 29.7 Å². The maximum atomic E-state index is 2.34. The van der Waals surface area contributed by atoms with Crippen LogP contribution in [0.15, 0.2) is 73.1 Å². The normalized spacial score (nSPS) is 17.4. The molecule has 0 unspecified atom stereocenters. The Morgan fingerprint density at radius 3 is 2.65 bits per heavy atom. The molecule has 0 radical (unpaired) electrons. The quantitative estimate of drug-likeness (QED) is 0.637. The van der Waals surface area contributed by atoms with Crippen LogP contribution in [0.2, 0.25) is 0 Å². The van der Waals surface area contributed by atoms with Gasteiger partial charge >= 0.3 is 0 Å². The molecule has 2 heteroatoms. The third-order valence-electron chi connectivity index (χ3n) is 4.06. The van der Waals surface area contributed by atoms with Gasteiger partial charge in [-0.3, -0.25) is 0 Å². The summed E-state index contributed by atoms with van der Waals surface area (Å²) in [5.41, 5.74) is 3.90. The molecule has 0 amide bonds. The number of hydrogen-bond donors (Lipinski definition) is 0. The molecule has 1 atom stereocenters. The molecule has 98 valence electrons. The minimum atomic E-state index is 0.266. The molecule has 2 aromatic carbocycles. The van der Waals surface area contributed by atoms with Gasteiger partial charge in [-0.25, -0.2) is 0 Å². The number of anilines is 1. The second kappa shape index (κ2) is 4.27. The Morgan fingerprint density at radius 1 is 0.900 bits per heavy atom. The number of para-hydroxylation sites is 2. The van der Waals surface area contributed by atoms with Crippen molar-refractivity contribution in [2.24, 2.45) is 0 Å². The molecule has 4 rings (SSSR count). The van der Waals surface area contributed by atoms with Crippen LogP contribution in [0, 0.1) is 0 Å². The highest BCUT2D eigenvalue weighted by molar-refractivity contribution is 5.80. The Balaban J connectivity index is 1.93. The summed E-state index contributed by atoms with van der Waals surface area (Å²) in [4.78, 5) is 2.18. The van der Waals surface area contributed by atoms with Gasteiger partial charge in [0, 0.05) is 36.2 Å². The zero-order valence-electron chi connectivity index (χ0n) is 11.4. The first kappa shape index (κ1) is 11.4. The van der Waals surface area contributed by atoms with E-state index in [2.05, 4.69) is 89.6 Å². The van der Waals surface area contributed by atoms with E-state index < -0.39 is 0 Å². The number of hydrogen-bond acceptors (Lipinski definition) is 1. The lowest BCUT2D eigenvalue weighted by molar-refractivity contribution is 0.716. The van der Waals surface area contributed by atoms with Crippen molar-refractivity contribution in [1.82, 2.24) is 4.57 Å². The van der Waals surface area contributed by atoms with E-state index in [1.807, 2.05) is 0 Å². The Hall–Kier alpha value is -2.48. The summed E-state index contributed by atoms with van der Waals surface area (Å²) in [7, 11) is 2.10. The van der Waals surface area contributed by atoms with Crippen LogP contribution in [-0.4, -0.2) is 11.6 Å². The molecule has 0 saturated heterocycles. The lowest BCUT2D eigenvalue weighted by atomic mass is 10.0. The molecule has 2 heterocycles. The standard InChI is InChI=1S/C18H16N2/c1-19-12-11-18(15-7-3-5-9-17(15)19)20-13-10-14-6-2-4-8-16(14)20/h2-13,18H,1H3/t18-/m0/s1. The molecule has 1 aliphatic heterocycles. The maximum Gasteiger partial charge on any atom is 0.0807 e. The Labute approximate surface area is 118 Å². The van der Waals surface area contributed by atoms with Crippen molar-refractivity contribution in [3.63, 3.8) is 0 Å². The molecule has 0 saturated carbocycles. The van der Waals surface area contributed by atoms with Gasteiger partial charge in [0.2, 0.25) is 0 Å². The van der Waals surface area contributed by atoms with E-state index >= 15 is 0 Å². The van der Waals surface area contributed by atoms with Gasteiger partial charge in [0.25, 0.3) is 0 Å². The second-order valence-electron chi connectivity index (χ2n) is 5.24. The lowest BCUT2D eigenvalue weighted by Crippen LogP contribution is -2.20. The van der Waals surface area contributed by atoms with Crippen molar-refractivity contribution in [2.75, 3.05) is 11.9 Å². The minimum Gasteiger partial charge on any atom is -0.351 e. The largest absolute Gasteiger partial charge is 0.351 e. The molecule has 0 N–H and O–H groups in total. The molecule has 0 fully saturated rings. The highest BCUT2D eigenvalue weighted by Gasteiger charge is 2.20. The van der Waals surface area contributed by atoms with E-state index in [9.17, 15) is 0 Å². The van der Waals surface area contributed by atoms with E-state index in [-0.39, 0.29) is 6.04 Å². The third kappa shape index (κ3) is 1.58. The Morgan fingerprint density at radius 2 is 1.70 bits per heavy atom. The molecule has 0 aliphatic carbocycles. The van der Waals surface area contributed by atoms with E-state index in [4.69, 9.17) is 0 Å². The van der Waals surface area contributed by atoms with E-state index in [1.165, 1.54) is 22.2 Å². The first-order valence-electron chi connectivity index (χ1n) is 6.90. The predicted molar refractivity (Wildman–Crippen MR) is 84.1 cm³/mol. The summed E-state index contributed by atoms with van der Waals surface area (Å²) < 4.78 is 2.34. The summed E-state index contributed by atoms with van der Waals surface area (Å²) in [6.07, 6.45) is 6.60. The van der Waals surface area contributed by atoms with Crippen molar-refractivity contribution in [3.8, 4) is 0 Å². The molecular weight excluding hydrogens is 244 g/mol. The Bertz CT molecular complexity index is 798. The average molecular weight is 260 g/mol. The molecule has 2 nitrogen and oxygen atoms in total. The highest BCUT2D eigenvalue weighted by Crippen LogP contribution is 2.35. The van der Waals surface area contributed by atoms with Gasteiger partial charge in [-0.1, -0.05) is 36.4 Å². The van der Waals surface area contributed by atoms with Crippen molar-refractivity contribution in [1.29, 1.82) is 0 Å². The number of allylic oxidation sites excluding steroid dienone is 1. The zero-order valence-corrected chi connectivity index (χ0v) is 11.4. The van der Waals surface area contributed by atoms with Crippen molar-refractivity contribution < 1.29 is 0 Å². The van der Waals surface area contributed by atoms with Crippen LogP contribution in [0.3, 0.4) is 0 Å². The SMILES string of the molecule is CN1C=C[C@H](n2ccc3ccccc32)c2ccccc21. The molecule has 0 spiro atoms. The molecular formula is C18H16N2. The topological polar surface area (TPSA) is 8.17 Å². The minimum absolute atomic E-state index is 0.266. The monoisotopic (exact) mass is 260 g/mol. The third-order valence-corrected chi connectivity index (χ3v) is 4.06. The highest BCUT2D eigenvalue weighted by atomic mass is 15.1. The first-order valence-corrected chi connectivity index (χ1v) is 6.90. The number of benzene rings is 2. The van der Waals surface area contributed by atoms with E-state index in [0.717, 1.165) is 0 Å². The van der Waals surface area contributed by atoms with Gasteiger partial charge in [0.1, 0.15) is 0 Å². The lowest BCUT2D eigenvalue weighted by Gasteiger charge is -2.29. The summed E-state index contributed by atoms with van der Waals surface area (Å²) in [6, 6.07) is 19.6. The van der Waals surface area contributed by atoms with Gasteiger partial charge in [0.15, 0.2) is 0 Å². The van der Waals surface area contributed by atoms with Crippen LogP contribution in [0.25, 0.3) is 10.9 Å². The molecule has 20 heavy (non-hydrogen) atoms. The summed E-state index contributed by atoms with van der Waals surface area (Å²) in [5, 5.41) is 1.29. The van der Waals surface area contributed by atoms with Crippen molar-refractivity contribution in [2.45, 2.75) is 6.04 Å². The number of rotatable bonds is 1. The van der Waals surface area contributed by atoms with Crippen LogP contribution >= 0.6 is 0 Å². The molecule has 3 aromatic rings. The van der Waals surface area contributed by atoms with E-state index in [0.29, 0.717) is 0 Å². The zero-order chi connectivity index (χ0) is 13.5. The van der Waals surface area contributed by atoms with Crippen molar-refractivity contribution >= 4 is 16.6 Å². The first-order chi connectivity index (χ1) is 9.84. The molecule has 1 aromatic heterocycles. The smallest absolute Gasteiger partial charge is 0.0807 e. The predicted octanol–water partition coefficient (Wildman–Crippen LogP) is 4.19. The van der Waals surface area contributed by atoms with Crippen molar-refractivity contribution in [3.05, 3.63) is 78.6 Å². The second-order valence-corrected chi connectivity index (χ2v) is 5.24. The average Bonchev–Trinajstić information content (AvgIpc) is 2.92. The van der Waals surface area contributed by atoms with Crippen LogP contribution in [0.5, 0.6) is 0 Å². The number of aromatic nitrogens is 1. The summed E-state index contributed by atoms with van der Waals surface area (Å²) >= 11 is 0. The Kier molecular flexibility index (Phi) is 2.43. The van der Waals surface area contributed by atoms with Gasteiger partial charge in [-0.2, -0.15) is 0 Å². The number of fused-ring (bicyclic) bond motifs is 2. The van der Waals surface area contributed by atoms with Crippen LogP contribution in [0.1, 0.15) is 11.6 Å². The summed E-state index contributed by atoms with van der Waals surface area (Å²) in [6.45, 7) is 0. The molecule has 1 aliphatic rings. The fourth-order valence-corrected chi connectivity index (χ4v) is 3.04. The van der Waals surface area contributed by atoms with Crippen LogP contribution in [-0.2, 0) is 0 Å². The summed E-state index contributed by atoms with van der Waals surface area (Å²) in [5.74, 6) is 0. The molecule has 0 bridgehead atoms. The fraction of sp³-hybridized carbons (Fsp3) is 0.111. The van der Waals surface area contributed by atoms with Crippen LogP contribution < -0.4 is 4.90 Å². The van der Waals surface area contributed by atoms with E-state index in [1.54, 1.807) is 0 Å². The van der Waals surface area contributed by atoms with Gasteiger partial charge in [0.05, 0.1) is 6.04 Å². The maximum absolute atomic E-state index is 2.34. The van der Waals surface area contributed by atoms with Gasteiger partial charge < -0.3 is 9.47 Å². The number of nitrogens with zero attached hydrogens (tertiary/aromatic N) is 2.